The van der Waals surface area contributed by atoms with Gasteiger partial charge in [0.1, 0.15) is 5.82 Å². The topological polar surface area (TPSA) is 69.6 Å². The molecule has 0 saturated carbocycles. The Morgan fingerprint density at radius 2 is 1.74 bits per heavy atom. The van der Waals surface area contributed by atoms with Crippen LogP contribution in [-0.4, -0.2) is 25.0 Å². The first-order valence-corrected chi connectivity index (χ1v) is 11.3. The molecule has 0 radical (unpaired) electrons. The fourth-order valence-electron chi connectivity index (χ4n) is 3.05. The first-order chi connectivity index (χ1) is 15.2. The molecular weight excluding hydrogens is 433 g/mol. The summed E-state index contributed by atoms with van der Waals surface area (Å²) >= 11 is 3.00. The van der Waals surface area contributed by atoms with E-state index in [-0.39, 0.29) is 11.1 Å². The van der Waals surface area contributed by atoms with E-state index >= 15 is 0 Å². The highest BCUT2D eigenvalue weighted by Crippen LogP contribution is 2.37. The van der Waals surface area contributed by atoms with Gasteiger partial charge >= 0.3 is 0 Å². The summed E-state index contributed by atoms with van der Waals surface area (Å²) in [6, 6.07) is 19.9. The van der Waals surface area contributed by atoms with Crippen LogP contribution in [0.4, 0.5) is 4.39 Å². The molecule has 1 atom stereocenters. The molecule has 5 aromatic rings. The molecule has 0 aliphatic heterocycles. The molecule has 3 aromatic heterocycles. The maximum absolute atomic E-state index is 13.5. The Labute approximate surface area is 185 Å². The van der Waals surface area contributed by atoms with E-state index in [1.807, 2.05) is 59.3 Å². The van der Waals surface area contributed by atoms with Gasteiger partial charge in [0.25, 0.3) is 5.89 Å². The van der Waals surface area contributed by atoms with Crippen LogP contribution in [0.5, 0.6) is 0 Å². The minimum absolute atomic E-state index is 0.159. The van der Waals surface area contributed by atoms with E-state index in [9.17, 15) is 4.39 Å². The Kier molecular flexibility index (Phi) is 5.35. The van der Waals surface area contributed by atoms with Crippen molar-refractivity contribution in [3.05, 3.63) is 83.8 Å². The van der Waals surface area contributed by atoms with Gasteiger partial charge in [-0.2, -0.15) is 0 Å². The Morgan fingerprint density at radius 3 is 2.48 bits per heavy atom. The number of thiophene rings is 1. The van der Waals surface area contributed by atoms with Crippen molar-refractivity contribution >= 4 is 23.1 Å². The number of nitrogens with zero attached hydrogens (tertiary/aromatic N) is 5. The summed E-state index contributed by atoms with van der Waals surface area (Å²) in [5, 5.41) is 19.6. The van der Waals surface area contributed by atoms with Crippen LogP contribution in [0.2, 0.25) is 0 Å². The van der Waals surface area contributed by atoms with E-state index in [1.165, 1.54) is 23.9 Å². The van der Waals surface area contributed by atoms with E-state index in [1.54, 1.807) is 23.5 Å². The number of thioether (sulfide) groups is 1. The fourth-order valence-corrected chi connectivity index (χ4v) is 4.59. The molecule has 0 unspecified atom stereocenters. The minimum atomic E-state index is -0.298. The van der Waals surface area contributed by atoms with Gasteiger partial charge < -0.3 is 4.42 Å². The van der Waals surface area contributed by atoms with Gasteiger partial charge in [0.15, 0.2) is 11.0 Å². The first-order valence-electron chi connectivity index (χ1n) is 9.50. The number of hydrogen-bond acceptors (Lipinski definition) is 7. The summed E-state index contributed by atoms with van der Waals surface area (Å²) in [4.78, 5) is 0.928. The number of benzene rings is 2. The lowest BCUT2D eigenvalue weighted by Crippen LogP contribution is -2.01. The molecule has 2 aromatic carbocycles. The van der Waals surface area contributed by atoms with Gasteiger partial charge in [-0.3, -0.25) is 4.57 Å². The maximum Gasteiger partial charge on any atom is 0.257 e. The lowest BCUT2D eigenvalue weighted by atomic mass is 10.2. The van der Waals surface area contributed by atoms with Gasteiger partial charge in [-0.1, -0.05) is 48.2 Å². The van der Waals surface area contributed by atoms with Crippen LogP contribution in [0.1, 0.15) is 18.1 Å². The van der Waals surface area contributed by atoms with Crippen molar-refractivity contribution in [2.24, 2.45) is 0 Å². The number of aromatic nitrogens is 5. The molecule has 0 fully saturated rings. The molecule has 6 nitrogen and oxygen atoms in total. The number of rotatable bonds is 6. The van der Waals surface area contributed by atoms with E-state index in [2.05, 4.69) is 20.4 Å². The summed E-state index contributed by atoms with van der Waals surface area (Å²) in [7, 11) is 0. The second-order valence-electron chi connectivity index (χ2n) is 6.67. The van der Waals surface area contributed by atoms with Crippen LogP contribution < -0.4 is 0 Å². The largest absolute Gasteiger partial charge is 0.419 e. The highest BCUT2D eigenvalue weighted by Gasteiger charge is 2.22. The second kappa shape index (κ2) is 8.44. The van der Waals surface area contributed by atoms with E-state index in [4.69, 9.17) is 4.42 Å². The highest BCUT2D eigenvalue weighted by molar-refractivity contribution is 7.99. The third-order valence-corrected chi connectivity index (χ3v) is 6.44. The molecule has 154 valence electrons. The Balaban J connectivity index is 1.50. The van der Waals surface area contributed by atoms with Gasteiger partial charge in [0.2, 0.25) is 5.89 Å². The van der Waals surface area contributed by atoms with Gasteiger partial charge in [0, 0.05) is 11.3 Å². The van der Waals surface area contributed by atoms with Crippen LogP contribution in [0, 0.1) is 5.82 Å². The smallest absolute Gasteiger partial charge is 0.257 e. The monoisotopic (exact) mass is 449 g/mol. The average Bonchev–Trinajstić information content (AvgIpc) is 3.55. The molecule has 0 N–H and O–H groups in total. The lowest BCUT2D eigenvalue weighted by molar-refractivity contribution is 0.510. The van der Waals surface area contributed by atoms with Crippen molar-refractivity contribution in [1.82, 2.24) is 25.0 Å². The summed E-state index contributed by atoms with van der Waals surface area (Å²) in [5.41, 5.74) is 1.68. The highest BCUT2D eigenvalue weighted by atomic mass is 32.2. The Hall–Kier alpha value is -3.30. The van der Waals surface area contributed by atoms with E-state index < -0.39 is 0 Å². The maximum atomic E-state index is 13.5. The predicted molar refractivity (Wildman–Crippen MR) is 119 cm³/mol. The molecule has 0 saturated heterocycles. The second-order valence-corrected chi connectivity index (χ2v) is 8.92. The minimum Gasteiger partial charge on any atom is -0.419 e. The van der Waals surface area contributed by atoms with Crippen molar-refractivity contribution < 1.29 is 8.81 Å². The molecule has 31 heavy (non-hydrogen) atoms. The van der Waals surface area contributed by atoms with Crippen molar-refractivity contribution in [2.75, 3.05) is 0 Å². The van der Waals surface area contributed by atoms with Crippen LogP contribution in [0.25, 0.3) is 27.8 Å². The third-order valence-electron chi connectivity index (χ3n) is 4.55. The normalized spacial score (nSPS) is 12.2. The molecule has 0 aliphatic carbocycles. The van der Waals surface area contributed by atoms with Gasteiger partial charge in [-0.05, 0) is 42.6 Å². The summed E-state index contributed by atoms with van der Waals surface area (Å²) in [6.45, 7) is 1.97. The van der Waals surface area contributed by atoms with Crippen molar-refractivity contribution in [2.45, 2.75) is 17.3 Å². The van der Waals surface area contributed by atoms with Gasteiger partial charge in [-0.25, -0.2) is 4.39 Å². The van der Waals surface area contributed by atoms with Crippen LogP contribution in [-0.2, 0) is 0 Å². The molecule has 9 heteroatoms. The molecule has 0 aliphatic rings. The van der Waals surface area contributed by atoms with Gasteiger partial charge in [-0.15, -0.1) is 31.7 Å². The zero-order chi connectivity index (χ0) is 21.2. The summed E-state index contributed by atoms with van der Waals surface area (Å²) in [6.07, 6.45) is 0. The standard InChI is InChI=1S/C22H16FN5OS2/c1-14(20-25-26-21(29-20)18-8-5-13-30-18)31-22-27-24-19(15-6-3-2-4-7-15)28(22)17-11-9-16(23)10-12-17/h2-14H,1H3/t14-/m1/s1. The van der Waals surface area contributed by atoms with Crippen LogP contribution in [0.3, 0.4) is 0 Å². The molecule has 0 bridgehead atoms. The van der Waals surface area contributed by atoms with E-state index in [0.717, 1.165) is 16.1 Å². The van der Waals surface area contributed by atoms with Crippen molar-refractivity contribution in [3.8, 4) is 27.8 Å². The third kappa shape index (κ3) is 4.01. The number of halogens is 1. The molecule has 3 heterocycles. The number of hydrogen-bond donors (Lipinski definition) is 0. The molecular formula is C22H16FN5OS2. The SMILES string of the molecule is C[C@@H](Sc1nnc(-c2ccccc2)n1-c1ccc(F)cc1)c1nnc(-c2cccs2)o1. The van der Waals surface area contributed by atoms with Gasteiger partial charge in [0.05, 0.1) is 10.1 Å². The average molecular weight is 450 g/mol. The zero-order valence-corrected chi connectivity index (χ0v) is 18.0. The Bertz CT molecular complexity index is 1280. The van der Waals surface area contributed by atoms with Crippen LogP contribution in [0.15, 0.2) is 81.7 Å². The summed E-state index contributed by atoms with van der Waals surface area (Å²) in [5.74, 6) is 1.38. The van der Waals surface area contributed by atoms with Crippen molar-refractivity contribution in [1.29, 1.82) is 0 Å². The van der Waals surface area contributed by atoms with E-state index in [0.29, 0.717) is 22.8 Å². The predicted octanol–water partition coefficient (Wildman–Crippen LogP) is 6.04. The molecule has 0 spiro atoms. The first kappa shape index (κ1) is 19.7. The Morgan fingerprint density at radius 1 is 0.935 bits per heavy atom. The fraction of sp³-hybridized carbons (Fsp3) is 0.0909. The zero-order valence-electron chi connectivity index (χ0n) is 16.3. The summed E-state index contributed by atoms with van der Waals surface area (Å²) < 4.78 is 21.3. The lowest BCUT2D eigenvalue weighted by Gasteiger charge is -2.12. The molecule has 0 amide bonds. The molecule has 5 rings (SSSR count). The van der Waals surface area contributed by atoms with Crippen molar-refractivity contribution in [3.63, 3.8) is 0 Å². The van der Waals surface area contributed by atoms with Crippen LogP contribution >= 0.6 is 23.1 Å². The quantitative estimate of drug-likeness (QED) is 0.295.